The predicted octanol–water partition coefficient (Wildman–Crippen LogP) is 2.00. The first kappa shape index (κ1) is 17.5. The topological polar surface area (TPSA) is 101 Å². The summed E-state index contributed by atoms with van der Waals surface area (Å²) >= 11 is 0. The number of aromatic nitrogens is 1. The molecule has 0 atom stereocenters. The van der Waals surface area contributed by atoms with Crippen LogP contribution in [0.15, 0.2) is 6.20 Å². The minimum absolute atomic E-state index is 0.00862. The Kier molecular flexibility index (Phi) is 5.49. The number of nitrogens with zero attached hydrogens (tertiary/aromatic N) is 2. The maximum Gasteiger partial charge on any atom is 0.573 e. The van der Waals surface area contributed by atoms with Gasteiger partial charge in [0.05, 0.1) is 31.3 Å². The third kappa shape index (κ3) is 4.46. The third-order valence-electron chi connectivity index (χ3n) is 2.29. The zero-order chi connectivity index (χ0) is 16.9. The van der Waals surface area contributed by atoms with Crippen LogP contribution in [0.2, 0.25) is 0 Å². The van der Waals surface area contributed by atoms with Crippen LogP contribution in [0.25, 0.3) is 0 Å². The average molecular weight is 324 g/mol. The molecule has 0 amide bonds. The zero-order valence-corrected chi connectivity index (χ0v) is 11.5. The summed E-state index contributed by atoms with van der Waals surface area (Å²) in [6.45, 7) is 1.51. The smallest absolute Gasteiger partial charge is 0.491 e. The number of rotatable bonds is 6. The fourth-order valence-electron chi connectivity index (χ4n) is 1.53. The first-order valence-electron chi connectivity index (χ1n) is 5.81. The summed E-state index contributed by atoms with van der Waals surface area (Å²) in [5.41, 5.74) is -1.63. The molecule has 0 saturated heterocycles. The van der Waals surface area contributed by atoms with Crippen molar-refractivity contribution in [2.45, 2.75) is 19.7 Å². The lowest BCUT2D eigenvalue weighted by Crippen LogP contribution is -2.20. The molecule has 0 aromatic carbocycles. The SMILES string of the molecule is CCOC(=O)Cc1ncc(OC)c(OC(F)(F)F)c1[N+](=O)[O-]. The van der Waals surface area contributed by atoms with Gasteiger partial charge < -0.3 is 14.2 Å². The van der Waals surface area contributed by atoms with E-state index in [0.29, 0.717) is 0 Å². The number of esters is 1. The minimum atomic E-state index is -5.18. The fourth-order valence-corrected chi connectivity index (χ4v) is 1.53. The van der Waals surface area contributed by atoms with Crippen molar-refractivity contribution in [3.8, 4) is 11.5 Å². The number of pyridine rings is 1. The van der Waals surface area contributed by atoms with Crippen LogP contribution < -0.4 is 9.47 Å². The molecule has 11 heteroatoms. The van der Waals surface area contributed by atoms with E-state index in [1.54, 1.807) is 0 Å². The largest absolute Gasteiger partial charge is 0.573 e. The molecule has 1 rings (SSSR count). The number of methoxy groups -OCH3 is 1. The Morgan fingerprint density at radius 1 is 1.45 bits per heavy atom. The summed E-state index contributed by atoms with van der Waals surface area (Å²) in [4.78, 5) is 24.8. The molecule has 1 aromatic heterocycles. The molecule has 8 nitrogen and oxygen atoms in total. The van der Waals surface area contributed by atoms with Gasteiger partial charge in [0.15, 0.2) is 5.75 Å². The molecule has 22 heavy (non-hydrogen) atoms. The molecule has 0 saturated carbocycles. The Labute approximate surface area is 121 Å². The summed E-state index contributed by atoms with van der Waals surface area (Å²) < 4.78 is 50.0. The van der Waals surface area contributed by atoms with Crippen molar-refractivity contribution in [3.05, 3.63) is 22.0 Å². The molecule has 0 aliphatic heterocycles. The Morgan fingerprint density at radius 2 is 2.09 bits per heavy atom. The van der Waals surface area contributed by atoms with Gasteiger partial charge in [-0.3, -0.25) is 14.9 Å². The van der Waals surface area contributed by atoms with E-state index in [9.17, 15) is 28.1 Å². The standard InChI is InChI=1S/C11H11F3N2O6/c1-3-21-8(17)4-6-9(16(18)19)10(22-11(12,13)14)7(20-2)5-15-6/h5H,3-4H2,1-2H3. The summed E-state index contributed by atoms with van der Waals surface area (Å²) in [6, 6.07) is 0. The van der Waals surface area contributed by atoms with Gasteiger partial charge in [-0.1, -0.05) is 0 Å². The number of hydrogen-bond donors (Lipinski definition) is 0. The minimum Gasteiger partial charge on any atom is -0.491 e. The van der Waals surface area contributed by atoms with Gasteiger partial charge in [0.25, 0.3) is 5.75 Å². The molecule has 1 heterocycles. The number of carbonyl (C=O) groups is 1. The van der Waals surface area contributed by atoms with Crippen LogP contribution in [0.3, 0.4) is 0 Å². The molecule has 0 aliphatic rings. The van der Waals surface area contributed by atoms with E-state index in [-0.39, 0.29) is 6.61 Å². The number of carbonyl (C=O) groups excluding carboxylic acids is 1. The van der Waals surface area contributed by atoms with Crippen LogP contribution in [0.1, 0.15) is 12.6 Å². The maximum absolute atomic E-state index is 12.4. The highest BCUT2D eigenvalue weighted by atomic mass is 19.4. The van der Waals surface area contributed by atoms with Crippen LogP contribution in [0.4, 0.5) is 18.9 Å². The Hall–Kier alpha value is -2.59. The average Bonchev–Trinajstić information content (AvgIpc) is 2.37. The number of alkyl halides is 3. The van der Waals surface area contributed by atoms with Gasteiger partial charge in [0, 0.05) is 0 Å². The van der Waals surface area contributed by atoms with Gasteiger partial charge in [-0.2, -0.15) is 0 Å². The second kappa shape index (κ2) is 6.91. The van der Waals surface area contributed by atoms with Gasteiger partial charge in [0.1, 0.15) is 5.69 Å². The first-order valence-corrected chi connectivity index (χ1v) is 5.81. The lowest BCUT2D eigenvalue weighted by molar-refractivity contribution is -0.389. The number of hydrogen-bond acceptors (Lipinski definition) is 7. The van der Waals surface area contributed by atoms with Crippen molar-refractivity contribution in [2.75, 3.05) is 13.7 Å². The monoisotopic (exact) mass is 324 g/mol. The highest BCUT2D eigenvalue weighted by Crippen LogP contribution is 2.41. The second-order valence-electron chi connectivity index (χ2n) is 3.74. The highest BCUT2D eigenvalue weighted by Gasteiger charge is 2.38. The van der Waals surface area contributed by atoms with Crippen molar-refractivity contribution >= 4 is 11.7 Å². The van der Waals surface area contributed by atoms with Gasteiger partial charge in [-0.15, -0.1) is 13.2 Å². The van der Waals surface area contributed by atoms with Crippen LogP contribution in [0, 0.1) is 10.1 Å². The van der Waals surface area contributed by atoms with Crippen molar-refractivity contribution < 1.29 is 37.1 Å². The highest BCUT2D eigenvalue weighted by molar-refractivity contribution is 5.74. The van der Waals surface area contributed by atoms with Crippen LogP contribution >= 0.6 is 0 Å². The quantitative estimate of drug-likeness (QED) is 0.448. The maximum atomic E-state index is 12.4. The molecule has 0 aliphatic carbocycles. The third-order valence-corrected chi connectivity index (χ3v) is 2.29. The number of nitro groups is 1. The molecule has 0 fully saturated rings. The Morgan fingerprint density at radius 3 is 2.55 bits per heavy atom. The Balaban J connectivity index is 3.37. The summed E-state index contributed by atoms with van der Waals surface area (Å²) in [6.07, 6.45) is -5.06. The lowest BCUT2D eigenvalue weighted by atomic mass is 10.2. The molecule has 0 bridgehead atoms. The molecule has 0 spiro atoms. The van der Waals surface area contributed by atoms with Crippen molar-refractivity contribution in [1.29, 1.82) is 0 Å². The normalized spacial score (nSPS) is 11.0. The molecule has 0 radical (unpaired) electrons. The predicted molar refractivity (Wildman–Crippen MR) is 64.5 cm³/mol. The first-order chi connectivity index (χ1) is 10.2. The lowest BCUT2D eigenvalue weighted by Gasteiger charge is -2.13. The van der Waals surface area contributed by atoms with E-state index < -0.39 is 46.6 Å². The molecule has 1 aromatic rings. The zero-order valence-electron chi connectivity index (χ0n) is 11.5. The number of ether oxygens (including phenoxy) is 3. The van der Waals surface area contributed by atoms with E-state index in [1.807, 2.05) is 0 Å². The second-order valence-corrected chi connectivity index (χ2v) is 3.74. The van der Waals surface area contributed by atoms with E-state index in [2.05, 4.69) is 19.2 Å². The van der Waals surface area contributed by atoms with Crippen LogP contribution in [-0.4, -0.2) is 36.0 Å². The van der Waals surface area contributed by atoms with E-state index in [0.717, 1.165) is 13.3 Å². The molecule has 0 N–H and O–H groups in total. The van der Waals surface area contributed by atoms with Gasteiger partial charge in [-0.25, -0.2) is 4.98 Å². The van der Waals surface area contributed by atoms with Crippen LogP contribution in [-0.2, 0) is 16.0 Å². The number of halogens is 3. The van der Waals surface area contributed by atoms with Gasteiger partial charge in [0.2, 0.25) is 0 Å². The summed E-state index contributed by atoms with van der Waals surface area (Å²) in [5, 5.41) is 11.0. The molecular formula is C11H11F3N2O6. The van der Waals surface area contributed by atoms with Crippen molar-refractivity contribution in [1.82, 2.24) is 4.98 Å². The van der Waals surface area contributed by atoms with E-state index >= 15 is 0 Å². The fraction of sp³-hybridized carbons (Fsp3) is 0.455. The van der Waals surface area contributed by atoms with Gasteiger partial charge >= 0.3 is 18.0 Å². The van der Waals surface area contributed by atoms with Gasteiger partial charge in [-0.05, 0) is 6.92 Å². The van der Waals surface area contributed by atoms with Crippen molar-refractivity contribution in [2.24, 2.45) is 0 Å². The molecule has 122 valence electrons. The summed E-state index contributed by atoms with van der Waals surface area (Å²) in [7, 11) is 0.995. The summed E-state index contributed by atoms with van der Waals surface area (Å²) in [5.74, 6) is -2.63. The molecular weight excluding hydrogens is 313 g/mol. The van der Waals surface area contributed by atoms with E-state index in [4.69, 9.17) is 0 Å². The molecule has 0 unspecified atom stereocenters. The van der Waals surface area contributed by atoms with E-state index in [1.165, 1.54) is 6.92 Å². The Bertz CT molecular complexity index is 576. The van der Waals surface area contributed by atoms with Crippen LogP contribution in [0.5, 0.6) is 11.5 Å². The van der Waals surface area contributed by atoms with Crippen molar-refractivity contribution in [3.63, 3.8) is 0 Å².